The van der Waals surface area contributed by atoms with E-state index in [-0.39, 0.29) is 12.3 Å². The van der Waals surface area contributed by atoms with E-state index >= 15 is 0 Å². The lowest BCUT2D eigenvalue weighted by Crippen LogP contribution is -2.37. The second kappa shape index (κ2) is 5.51. The van der Waals surface area contributed by atoms with Gasteiger partial charge in [0, 0.05) is 18.5 Å². The number of hydrogen-bond acceptors (Lipinski definition) is 2. The van der Waals surface area contributed by atoms with Gasteiger partial charge >= 0.3 is 6.03 Å². The molecule has 1 aromatic carbocycles. The molecule has 86 valence electrons. The summed E-state index contributed by atoms with van der Waals surface area (Å²) < 4.78 is 0. The molecular weight excluding hydrogens is 228 g/mol. The Labute approximate surface area is 99.0 Å². The quantitative estimate of drug-likeness (QED) is 0.876. The van der Waals surface area contributed by atoms with E-state index in [1.807, 2.05) is 12.1 Å². The van der Waals surface area contributed by atoms with Crippen molar-refractivity contribution in [3.05, 3.63) is 34.9 Å². The van der Waals surface area contributed by atoms with Crippen molar-refractivity contribution in [2.45, 2.75) is 12.8 Å². The van der Waals surface area contributed by atoms with Crippen molar-refractivity contribution in [3.8, 4) is 0 Å². The van der Waals surface area contributed by atoms with Gasteiger partial charge in [0.25, 0.3) is 0 Å². The van der Waals surface area contributed by atoms with Gasteiger partial charge in [0.2, 0.25) is 5.91 Å². The molecule has 5 heteroatoms. The van der Waals surface area contributed by atoms with Crippen molar-refractivity contribution in [2.75, 3.05) is 7.05 Å². The standard InChI is InChI=1S/C11H13ClN2O2/c1-14(11(13)16)10(15)7-4-8-2-5-9(12)6-3-8/h2-3,5-6H,4,7H2,1H3,(H2,13,16). The van der Waals surface area contributed by atoms with Gasteiger partial charge in [0.1, 0.15) is 0 Å². The zero-order valence-electron chi connectivity index (χ0n) is 8.94. The summed E-state index contributed by atoms with van der Waals surface area (Å²) in [5.74, 6) is -0.289. The van der Waals surface area contributed by atoms with Crippen LogP contribution in [-0.4, -0.2) is 23.9 Å². The molecule has 0 radical (unpaired) electrons. The lowest BCUT2D eigenvalue weighted by Gasteiger charge is -2.11. The Balaban J connectivity index is 2.49. The first-order valence-electron chi connectivity index (χ1n) is 4.81. The molecule has 0 heterocycles. The SMILES string of the molecule is CN(C(N)=O)C(=O)CCc1ccc(Cl)cc1. The summed E-state index contributed by atoms with van der Waals surface area (Å²) in [7, 11) is 1.37. The van der Waals surface area contributed by atoms with E-state index in [0.29, 0.717) is 11.4 Å². The Morgan fingerprint density at radius 3 is 2.38 bits per heavy atom. The maximum atomic E-state index is 11.4. The summed E-state index contributed by atoms with van der Waals surface area (Å²) in [5, 5.41) is 0.657. The number of urea groups is 1. The average Bonchev–Trinajstić information content (AvgIpc) is 2.26. The molecular formula is C11H13ClN2O2. The smallest absolute Gasteiger partial charge is 0.321 e. The van der Waals surface area contributed by atoms with E-state index in [4.69, 9.17) is 17.3 Å². The third-order valence-corrected chi connectivity index (χ3v) is 2.50. The van der Waals surface area contributed by atoms with Gasteiger partial charge in [0.15, 0.2) is 0 Å². The minimum atomic E-state index is -0.735. The van der Waals surface area contributed by atoms with Gasteiger partial charge in [-0.05, 0) is 24.1 Å². The van der Waals surface area contributed by atoms with E-state index < -0.39 is 6.03 Å². The maximum absolute atomic E-state index is 11.4. The molecule has 3 amide bonds. The summed E-state index contributed by atoms with van der Waals surface area (Å²) >= 11 is 5.73. The first-order valence-corrected chi connectivity index (χ1v) is 5.19. The predicted octanol–water partition coefficient (Wildman–Crippen LogP) is 1.81. The van der Waals surface area contributed by atoms with E-state index in [0.717, 1.165) is 10.5 Å². The van der Waals surface area contributed by atoms with E-state index in [1.165, 1.54) is 7.05 Å². The number of halogens is 1. The Bertz CT molecular complexity index is 389. The van der Waals surface area contributed by atoms with Crippen molar-refractivity contribution < 1.29 is 9.59 Å². The minimum absolute atomic E-state index is 0.251. The van der Waals surface area contributed by atoms with Crippen LogP contribution >= 0.6 is 11.6 Å². The molecule has 0 aliphatic heterocycles. The minimum Gasteiger partial charge on any atom is -0.351 e. The van der Waals surface area contributed by atoms with Gasteiger partial charge < -0.3 is 5.73 Å². The number of carbonyl (C=O) groups is 2. The molecule has 1 aromatic rings. The molecule has 4 nitrogen and oxygen atoms in total. The Hall–Kier alpha value is -1.55. The molecule has 0 saturated heterocycles. The Morgan fingerprint density at radius 1 is 1.31 bits per heavy atom. The highest BCUT2D eigenvalue weighted by Gasteiger charge is 2.12. The Morgan fingerprint density at radius 2 is 1.88 bits per heavy atom. The third-order valence-electron chi connectivity index (χ3n) is 2.25. The fourth-order valence-corrected chi connectivity index (χ4v) is 1.32. The number of nitrogens with two attached hydrogens (primary N) is 1. The molecule has 0 aliphatic carbocycles. The fraction of sp³-hybridized carbons (Fsp3) is 0.273. The highest BCUT2D eigenvalue weighted by molar-refractivity contribution is 6.30. The van der Waals surface area contributed by atoms with E-state index in [1.54, 1.807) is 12.1 Å². The highest BCUT2D eigenvalue weighted by atomic mass is 35.5. The molecule has 0 aliphatic rings. The lowest BCUT2D eigenvalue weighted by atomic mass is 10.1. The third kappa shape index (κ3) is 3.55. The number of rotatable bonds is 3. The predicted molar refractivity (Wildman–Crippen MR) is 62.1 cm³/mol. The van der Waals surface area contributed by atoms with Crippen LogP contribution in [0.4, 0.5) is 4.79 Å². The summed E-state index contributed by atoms with van der Waals surface area (Å²) in [4.78, 5) is 23.0. The monoisotopic (exact) mass is 240 g/mol. The number of carbonyl (C=O) groups excluding carboxylic acids is 2. The number of hydrogen-bond donors (Lipinski definition) is 1. The number of amides is 3. The molecule has 0 unspecified atom stereocenters. The molecule has 0 atom stereocenters. The summed E-state index contributed by atoms with van der Waals surface area (Å²) in [6.45, 7) is 0. The van der Waals surface area contributed by atoms with Crippen LogP contribution < -0.4 is 5.73 Å². The van der Waals surface area contributed by atoms with Crippen molar-refractivity contribution in [1.29, 1.82) is 0 Å². The van der Waals surface area contributed by atoms with Gasteiger partial charge in [-0.15, -0.1) is 0 Å². The van der Waals surface area contributed by atoms with Crippen LogP contribution in [0.15, 0.2) is 24.3 Å². The molecule has 16 heavy (non-hydrogen) atoms. The van der Waals surface area contributed by atoms with Crippen LogP contribution in [0.2, 0.25) is 5.02 Å². The van der Waals surface area contributed by atoms with Gasteiger partial charge in [-0.3, -0.25) is 9.69 Å². The lowest BCUT2D eigenvalue weighted by molar-refractivity contribution is -0.127. The van der Waals surface area contributed by atoms with Gasteiger partial charge in [0.05, 0.1) is 0 Å². The fourth-order valence-electron chi connectivity index (χ4n) is 1.19. The molecule has 0 spiro atoms. The number of benzene rings is 1. The second-order valence-corrected chi connectivity index (χ2v) is 3.85. The zero-order valence-corrected chi connectivity index (χ0v) is 9.70. The molecule has 0 bridgehead atoms. The number of nitrogens with zero attached hydrogens (tertiary/aromatic N) is 1. The second-order valence-electron chi connectivity index (χ2n) is 3.42. The van der Waals surface area contributed by atoms with Crippen molar-refractivity contribution >= 4 is 23.5 Å². The first-order chi connectivity index (χ1) is 7.50. The largest absolute Gasteiger partial charge is 0.351 e. The summed E-state index contributed by atoms with van der Waals surface area (Å²) in [5.41, 5.74) is 5.97. The van der Waals surface area contributed by atoms with Crippen molar-refractivity contribution in [2.24, 2.45) is 5.73 Å². The van der Waals surface area contributed by atoms with E-state index in [9.17, 15) is 9.59 Å². The molecule has 0 fully saturated rings. The topological polar surface area (TPSA) is 63.4 Å². The Kier molecular flexibility index (Phi) is 4.31. The van der Waals surface area contributed by atoms with Crippen molar-refractivity contribution in [1.82, 2.24) is 4.90 Å². The molecule has 0 aromatic heterocycles. The normalized spacial score (nSPS) is 9.88. The summed E-state index contributed by atoms with van der Waals surface area (Å²) in [6, 6.07) is 6.49. The number of aryl methyl sites for hydroxylation is 1. The number of primary amides is 1. The van der Waals surface area contributed by atoms with E-state index in [2.05, 4.69) is 0 Å². The highest BCUT2D eigenvalue weighted by Crippen LogP contribution is 2.11. The molecule has 0 saturated carbocycles. The van der Waals surface area contributed by atoms with Crippen LogP contribution in [0.5, 0.6) is 0 Å². The number of imide groups is 1. The van der Waals surface area contributed by atoms with Crippen LogP contribution in [0, 0.1) is 0 Å². The average molecular weight is 241 g/mol. The first kappa shape index (κ1) is 12.5. The van der Waals surface area contributed by atoms with Crippen LogP contribution in [0.3, 0.4) is 0 Å². The van der Waals surface area contributed by atoms with Gasteiger partial charge in [-0.2, -0.15) is 0 Å². The van der Waals surface area contributed by atoms with Crippen LogP contribution in [0.25, 0.3) is 0 Å². The van der Waals surface area contributed by atoms with Crippen molar-refractivity contribution in [3.63, 3.8) is 0 Å². The van der Waals surface area contributed by atoms with Gasteiger partial charge in [-0.1, -0.05) is 23.7 Å². The zero-order chi connectivity index (χ0) is 12.1. The molecule has 2 N–H and O–H groups in total. The maximum Gasteiger partial charge on any atom is 0.321 e. The molecule has 1 rings (SSSR count). The van der Waals surface area contributed by atoms with Crippen LogP contribution in [-0.2, 0) is 11.2 Å². The summed E-state index contributed by atoms with van der Waals surface area (Å²) in [6.07, 6.45) is 0.814. The van der Waals surface area contributed by atoms with Crippen LogP contribution in [0.1, 0.15) is 12.0 Å². The van der Waals surface area contributed by atoms with Gasteiger partial charge in [-0.25, -0.2) is 4.79 Å².